The summed E-state index contributed by atoms with van der Waals surface area (Å²) in [6, 6.07) is 73.7. The summed E-state index contributed by atoms with van der Waals surface area (Å²) in [7, 11) is 0. The maximum absolute atomic E-state index is 5.09. The van der Waals surface area contributed by atoms with Crippen LogP contribution in [-0.4, -0.2) is 19.1 Å². The Labute approximate surface area is 334 Å². The third-order valence-corrected chi connectivity index (χ3v) is 11.7. The normalized spacial score (nSPS) is 11.8. The summed E-state index contributed by atoms with van der Waals surface area (Å²) >= 11 is 0. The Kier molecular flexibility index (Phi) is 7.20. The Morgan fingerprint density at radius 2 is 0.879 bits per heavy atom. The molecule has 12 rings (SSSR count). The first-order valence-electron chi connectivity index (χ1n) is 19.7. The molecule has 0 radical (unpaired) electrons. The highest BCUT2D eigenvalue weighted by Crippen LogP contribution is 2.44. The van der Waals surface area contributed by atoms with Crippen LogP contribution in [0.4, 0.5) is 0 Å². The summed E-state index contributed by atoms with van der Waals surface area (Å²) in [5.74, 6) is 0.702. The monoisotopic (exact) mass is 738 g/mol. The van der Waals surface area contributed by atoms with Gasteiger partial charge in [-0.25, -0.2) is 9.97 Å². The van der Waals surface area contributed by atoms with E-state index in [0.29, 0.717) is 5.82 Å². The van der Waals surface area contributed by atoms with Gasteiger partial charge in [-0.15, -0.1) is 0 Å². The van der Waals surface area contributed by atoms with E-state index in [2.05, 4.69) is 203 Å². The van der Waals surface area contributed by atoms with Gasteiger partial charge in [0.2, 0.25) is 0 Å². The molecular formula is C54H34N4. The van der Waals surface area contributed by atoms with Crippen molar-refractivity contribution in [2.75, 3.05) is 0 Å². The molecule has 3 aromatic heterocycles. The maximum Gasteiger partial charge on any atom is 0.160 e. The molecule has 3 heterocycles. The fourth-order valence-corrected chi connectivity index (χ4v) is 9.06. The zero-order valence-electron chi connectivity index (χ0n) is 31.4. The van der Waals surface area contributed by atoms with Crippen LogP contribution < -0.4 is 0 Å². The highest BCUT2D eigenvalue weighted by Gasteiger charge is 2.20. The highest BCUT2D eigenvalue weighted by molar-refractivity contribution is 6.26. The molecule has 0 N–H and O–H groups in total. The van der Waals surface area contributed by atoms with Crippen LogP contribution in [0.25, 0.3) is 111 Å². The van der Waals surface area contributed by atoms with Crippen molar-refractivity contribution in [3.05, 3.63) is 206 Å². The molecule has 270 valence electrons. The number of para-hydroxylation sites is 2. The predicted octanol–water partition coefficient (Wildman–Crippen LogP) is 13.9. The predicted molar refractivity (Wildman–Crippen MR) is 241 cm³/mol. The molecule has 0 bridgehead atoms. The lowest BCUT2D eigenvalue weighted by Gasteiger charge is -2.12. The minimum Gasteiger partial charge on any atom is -0.309 e. The van der Waals surface area contributed by atoms with Crippen molar-refractivity contribution in [3.8, 4) is 56.4 Å². The van der Waals surface area contributed by atoms with Gasteiger partial charge in [-0.05, 0) is 88.6 Å². The zero-order valence-corrected chi connectivity index (χ0v) is 31.4. The number of hydrogen-bond acceptors (Lipinski definition) is 2. The van der Waals surface area contributed by atoms with Crippen LogP contribution in [0.2, 0.25) is 0 Å². The zero-order chi connectivity index (χ0) is 38.2. The number of hydrogen-bond donors (Lipinski definition) is 0. The average Bonchev–Trinajstić information content (AvgIpc) is 3.82. The van der Waals surface area contributed by atoms with Gasteiger partial charge in [-0.1, -0.05) is 140 Å². The van der Waals surface area contributed by atoms with E-state index in [-0.39, 0.29) is 0 Å². The number of rotatable bonds is 6. The van der Waals surface area contributed by atoms with Crippen molar-refractivity contribution in [1.29, 1.82) is 0 Å². The molecule has 12 aromatic rings. The molecule has 9 aromatic carbocycles. The molecule has 4 heteroatoms. The van der Waals surface area contributed by atoms with Crippen molar-refractivity contribution >= 4 is 54.4 Å². The van der Waals surface area contributed by atoms with Crippen LogP contribution in [-0.2, 0) is 0 Å². The van der Waals surface area contributed by atoms with Crippen molar-refractivity contribution < 1.29 is 0 Å². The van der Waals surface area contributed by atoms with E-state index in [4.69, 9.17) is 9.97 Å². The maximum atomic E-state index is 5.09. The van der Waals surface area contributed by atoms with E-state index in [1.54, 1.807) is 0 Å². The van der Waals surface area contributed by atoms with Crippen molar-refractivity contribution in [2.45, 2.75) is 0 Å². The molecule has 0 aliphatic carbocycles. The van der Waals surface area contributed by atoms with E-state index in [1.807, 2.05) is 12.1 Å². The summed E-state index contributed by atoms with van der Waals surface area (Å²) < 4.78 is 4.80. The highest BCUT2D eigenvalue weighted by atomic mass is 15.0. The van der Waals surface area contributed by atoms with Gasteiger partial charge in [0.15, 0.2) is 5.82 Å². The number of aromatic nitrogens is 4. The van der Waals surface area contributed by atoms with Crippen LogP contribution in [0.5, 0.6) is 0 Å². The first kappa shape index (κ1) is 32.4. The van der Waals surface area contributed by atoms with Crippen LogP contribution in [0.3, 0.4) is 0 Å². The molecule has 0 saturated heterocycles. The van der Waals surface area contributed by atoms with E-state index < -0.39 is 0 Å². The Bertz CT molecular complexity index is 3410. The topological polar surface area (TPSA) is 35.6 Å². The molecule has 4 nitrogen and oxygen atoms in total. The Balaban J connectivity index is 1.01. The van der Waals surface area contributed by atoms with Crippen LogP contribution in [0.1, 0.15) is 0 Å². The van der Waals surface area contributed by atoms with Gasteiger partial charge < -0.3 is 9.13 Å². The van der Waals surface area contributed by atoms with E-state index >= 15 is 0 Å². The molecule has 58 heavy (non-hydrogen) atoms. The summed E-state index contributed by atoms with van der Waals surface area (Å²) in [5, 5.41) is 7.57. The molecule has 0 fully saturated rings. The van der Waals surface area contributed by atoms with Gasteiger partial charge in [-0.2, -0.15) is 0 Å². The minimum absolute atomic E-state index is 0.702. The summed E-state index contributed by atoms with van der Waals surface area (Å²) in [5.41, 5.74) is 14.4. The molecular weight excluding hydrogens is 705 g/mol. The van der Waals surface area contributed by atoms with Crippen LogP contribution in [0, 0.1) is 0 Å². The summed E-state index contributed by atoms with van der Waals surface area (Å²) in [4.78, 5) is 10.2. The second-order valence-corrected chi connectivity index (χ2v) is 15.0. The van der Waals surface area contributed by atoms with Crippen LogP contribution >= 0.6 is 0 Å². The molecule has 0 amide bonds. The van der Waals surface area contributed by atoms with Gasteiger partial charge in [0, 0.05) is 49.6 Å². The second-order valence-electron chi connectivity index (χ2n) is 15.0. The van der Waals surface area contributed by atoms with Gasteiger partial charge in [-0.3, -0.25) is 0 Å². The molecule has 0 atom stereocenters. The second kappa shape index (κ2) is 12.9. The number of benzene rings is 9. The molecule has 0 aliphatic heterocycles. The van der Waals surface area contributed by atoms with Crippen LogP contribution in [0.15, 0.2) is 206 Å². The third-order valence-electron chi connectivity index (χ3n) is 11.7. The Hall–Kier alpha value is -7.82. The van der Waals surface area contributed by atoms with E-state index in [0.717, 1.165) is 39.5 Å². The first-order valence-corrected chi connectivity index (χ1v) is 19.7. The third kappa shape index (κ3) is 5.02. The smallest absolute Gasteiger partial charge is 0.160 e. The quantitative estimate of drug-likeness (QED) is 0.159. The molecule has 0 aliphatic rings. The van der Waals surface area contributed by atoms with E-state index in [9.17, 15) is 0 Å². The lowest BCUT2D eigenvalue weighted by molar-refractivity contribution is 1.16. The van der Waals surface area contributed by atoms with Gasteiger partial charge >= 0.3 is 0 Å². The number of nitrogens with zero attached hydrogens (tertiary/aromatic N) is 4. The van der Waals surface area contributed by atoms with Crippen molar-refractivity contribution in [2.24, 2.45) is 0 Å². The fraction of sp³-hybridized carbons (Fsp3) is 0. The summed E-state index contributed by atoms with van der Waals surface area (Å²) in [6.45, 7) is 0. The van der Waals surface area contributed by atoms with Crippen molar-refractivity contribution in [3.63, 3.8) is 0 Å². The van der Waals surface area contributed by atoms with E-state index in [1.165, 1.54) is 65.5 Å². The molecule has 0 unspecified atom stereocenters. The molecule has 0 spiro atoms. The number of fused-ring (bicyclic) bond motifs is 3. The summed E-state index contributed by atoms with van der Waals surface area (Å²) in [6.07, 6.45) is 0. The standard InChI is InChI=1S/C54H34N4/c1-4-13-35(14-5-1)46-34-47(36-15-6-2-7-16-36)56-54(55-46)38-23-27-41(28-24-38)58-49-22-12-17-37-25-30-45-42(31-32-50(58)53(45)52(37)49)39-26-29-44-43-20-10-11-21-48(43)57(51(44)33-39)40-18-8-3-9-19-40/h1-34H. The van der Waals surface area contributed by atoms with Gasteiger partial charge in [0.05, 0.1) is 33.5 Å². The van der Waals surface area contributed by atoms with Crippen molar-refractivity contribution in [1.82, 2.24) is 19.1 Å². The largest absolute Gasteiger partial charge is 0.309 e. The van der Waals surface area contributed by atoms with Gasteiger partial charge in [0.25, 0.3) is 0 Å². The SMILES string of the molecule is c1ccc(-c2cc(-c3ccccc3)nc(-c3ccc(-n4c5cccc6ccc7c(-c8ccc9c%10ccccc%10n(-c%10ccccc%10)c9c8)ccc4c7c65)cc3)n2)cc1. The minimum atomic E-state index is 0.702. The average molecular weight is 739 g/mol. The lowest BCUT2D eigenvalue weighted by atomic mass is 9.94. The van der Waals surface area contributed by atoms with Gasteiger partial charge in [0.1, 0.15) is 0 Å². The lowest BCUT2D eigenvalue weighted by Crippen LogP contribution is -1.97. The Morgan fingerprint density at radius 3 is 1.62 bits per heavy atom. The fourth-order valence-electron chi connectivity index (χ4n) is 9.06. The first-order chi connectivity index (χ1) is 28.8. The Morgan fingerprint density at radius 1 is 0.310 bits per heavy atom. The molecule has 0 saturated carbocycles.